The van der Waals surface area contributed by atoms with Crippen molar-refractivity contribution in [2.24, 2.45) is 0 Å². The van der Waals surface area contributed by atoms with Crippen LogP contribution in [0.15, 0.2) is 30.5 Å². The van der Waals surface area contributed by atoms with Crippen LogP contribution in [0, 0.1) is 0 Å². The molecule has 0 aliphatic carbocycles. The first kappa shape index (κ1) is 13.6. The smallest absolute Gasteiger partial charge is 0.149 e. The molecule has 0 aliphatic rings. The molecule has 6 heteroatoms. The molecule has 0 radical (unpaired) electrons. The van der Waals surface area contributed by atoms with Gasteiger partial charge in [0.15, 0.2) is 0 Å². The van der Waals surface area contributed by atoms with Crippen LogP contribution >= 0.6 is 0 Å². The van der Waals surface area contributed by atoms with Crippen LogP contribution in [0.3, 0.4) is 0 Å². The Kier molecular flexibility index (Phi) is 3.61. The van der Waals surface area contributed by atoms with Crippen molar-refractivity contribution in [2.75, 3.05) is 23.1 Å². The van der Waals surface area contributed by atoms with Gasteiger partial charge in [-0.3, -0.25) is 4.98 Å². The van der Waals surface area contributed by atoms with E-state index in [1.807, 2.05) is 25.1 Å². The van der Waals surface area contributed by atoms with E-state index in [1.165, 1.54) is 6.26 Å². The SMILES string of the molecule is CC(CS(C)(=O)=O)Nc1ccnc2c(N)cccc12. The van der Waals surface area contributed by atoms with Crippen molar-refractivity contribution in [1.29, 1.82) is 0 Å². The van der Waals surface area contributed by atoms with Gasteiger partial charge in [-0.05, 0) is 19.1 Å². The number of para-hydroxylation sites is 1. The number of hydrogen-bond acceptors (Lipinski definition) is 5. The van der Waals surface area contributed by atoms with E-state index in [1.54, 1.807) is 12.3 Å². The maximum Gasteiger partial charge on any atom is 0.149 e. The van der Waals surface area contributed by atoms with Gasteiger partial charge in [0.05, 0.1) is 17.0 Å². The van der Waals surface area contributed by atoms with Crippen LogP contribution in [-0.4, -0.2) is 31.5 Å². The number of fused-ring (bicyclic) bond motifs is 1. The number of nitrogens with zero attached hydrogens (tertiary/aromatic N) is 1. The largest absolute Gasteiger partial charge is 0.397 e. The van der Waals surface area contributed by atoms with Crippen LogP contribution in [0.5, 0.6) is 0 Å². The average Bonchev–Trinajstić information content (AvgIpc) is 2.28. The highest BCUT2D eigenvalue weighted by molar-refractivity contribution is 7.90. The summed E-state index contributed by atoms with van der Waals surface area (Å²) in [5.74, 6) is 0.0825. The zero-order valence-corrected chi connectivity index (χ0v) is 11.7. The standard InChI is InChI=1S/C13H17N3O2S/c1-9(8-19(2,17)18)16-12-6-7-15-13-10(12)4-3-5-11(13)14/h3-7,9H,8,14H2,1-2H3,(H,15,16). The zero-order chi connectivity index (χ0) is 14.0. The molecule has 1 aromatic heterocycles. The lowest BCUT2D eigenvalue weighted by atomic mass is 10.1. The zero-order valence-electron chi connectivity index (χ0n) is 10.9. The molecule has 0 aliphatic heterocycles. The number of nitrogens with one attached hydrogen (secondary N) is 1. The van der Waals surface area contributed by atoms with Crippen molar-refractivity contribution < 1.29 is 8.42 Å². The Bertz CT molecular complexity index is 698. The second-order valence-electron chi connectivity index (χ2n) is 4.74. The quantitative estimate of drug-likeness (QED) is 0.831. The van der Waals surface area contributed by atoms with Crippen LogP contribution in [0.1, 0.15) is 6.92 Å². The molecule has 19 heavy (non-hydrogen) atoms. The van der Waals surface area contributed by atoms with E-state index < -0.39 is 9.84 Å². The van der Waals surface area contributed by atoms with Crippen LogP contribution in [0.2, 0.25) is 0 Å². The summed E-state index contributed by atoms with van der Waals surface area (Å²) < 4.78 is 22.6. The van der Waals surface area contributed by atoms with Crippen molar-refractivity contribution in [3.63, 3.8) is 0 Å². The van der Waals surface area contributed by atoms with Gasteiger partial charge in [-0.25, -0.2) is 8.42 Å². The summed E-state index contributed by atoms with van der Waals surface area (Å²) in [5.41, 5.74) is 8.04. The van der Waals surface area contributed by atoms with E-state index in [0.29, 0.717) is 5.69 Å². The second kappa shape index (κ2) is 5.05. The number of benzene rings is 1. The summed E-state index contributed by atoms with van der Waals surface area (Å²) in [6.07, 6.45) is 2.89. The fourth-order valence-electron chi connectivity index (χ4n) is 2.09. The van der Waals surface area contributed by atoms with Gasteiger partial charge in [0.1, 0.15) is 9.84 Å². The summed E-state index contributed by atoms with van der Waals surface area (Å²) in [6, 6.07) is 7.20. The number of pyridine rings is 1. The predicted molar refractivity (Wildman–Crippen MR) is 79.0 cm³/mol. The van der Waals surface area contributed by atoms with Gasteiger partial charge < -0.3 is 11.1 Å². The van der Waals surface area contributed by atoms with Crippen molar-refractivity contribution in [1.82, 2.24) is 4.98 Å². The van der Waals surface area contributed by atoms with Crippen LogP contribution in [0.25, 0.3) is 10.9 Å². The number of hydrogen-bond donors (Lipinski definition) is 2. The Balaban J connectivity index is 2.33. The lowest BCUT2D eigenvalue weighted by molar-refractivity contribution is 0.598. The molecular formula is C13H17N3O2S. The van der Waals surface area contributed by atoms with E-state index in [4.69, 9.17) is 5.73 Å². The Hall–Kier alpha value is -1.82. The minimum absolute atomic E-state index is 0.0825. The molecule has 0 saturated heterocycles. The van der Waals surface area contributed by atoms with Gasteiger partial charge in [-0.1, -0.05) is 12.1 Å². The molecule has 3 N–H and O–H groups in total. The lowest BCUT2D eigenvalue weighted by Gasteiger charge is -2.16. The number of anilines is 2. The fourth-order valence-corrected chi connectivity index (χ4v) is 3.08. The Morgan fingerprint density at radius 2 is 2.11 bits per heavy atom. The first-order valence-electron chi connectivity index (χ1n) is 5.94. The Labute approximate surface area is 112 Å². The van der Waals surface area contributed by atoms with Gasteiger partial charge in [-0.15, -0.1) is 0 Å². The summed E-state index contributed by atoms with van der Waals surface area (Å²) in [6.45, 7) is 1.83. The van der Waals surface area contributed by atoms with Crippen LogP contribution in [0.4, 0.5) is 11.4 Å². The predicted octanol–water partition coefficient (Wildman–Crippen LogP) is 1.66. The first-order valence-corrected chi connectivity index (χ1v) is 8.00. The summed E-state index contributed by atoms with van der Waals surface area (Å²) >= 11 is 0. The van der Waals surface area contributed by atoms with E-state index >= 15 is 0 Å². The van der Waals surface area contributed by atoms with Crippen molar-refractivity contribution >= 4 is 32.1 Å². The van der Waals surface area contributed by atoms with E-state index in [-0.39, 0.29) is 11.8 Å². The molecule has 102 valence electrons. The molecule has 0 spiro atoms. The van der Waals surface area contributed by atoms with Gasteiger partial charge in [0.2, 0.25) is 0 Å². The highest BCUT2D eigenvalue weighted by atomic mass is 32.2. The highest BCUT2D eigenvalue weighted by Gasteiger charge is 2.12. The molecule has 1 atom stereocenters. The van der Waals surface area contributed by atoms with Crippen LogP contribution in [-0.2, 0) is 9.84 Å². The monoisotopic (exact) mass is 279 g/mol. The topological polar surface area (TPSA) is 85.1 Å². The maximum absolute atomic E-state index is 11.3. The number of rotatable bonds is 4. The number of sulfone groups is 1. The van der Waals surface area contributed by atoms with E-state index in [2.05, 4.69) is 10.3 Å². The van der Waals surface area contributed by atoms with Gasteiger partial charge in [0, 0.05) is 29.6 Å². The van der Waals surface area contributed by atoms with Gasteiger partial charge >= 0.3 is 0 Å². The third kappa shape index (κ3) is 3.35. The lowest BCUT2D eigenvalue weighted by Crippen LogP contribution is -2.25. The number of nitrogen functional groups attached to an aromatic ring is 1. The molecule has 0 fully saturated rings. The van der Waals surface area contributed by atoms with Crippen molar-refractivity contribution in [3.05, 3.63) is 30.5 Å². The molecule has 1 aromatic carbocycles. The maximum atomic E-state index is 11.3. The third-order valence-electron chi connectivity index (χ3n) is 2.76. The van der Waals surface area contributed by atoms with E-state index in [9.17, 15) is 8.42 Å². The molecule has 0 saturated carbocycles. The number of nitrogens with two attached hydrogens (primary N) is 1. The highest BCUT2D eigenvalue weighted by Crippen LogP contribution is 2.25. The Morgan fingerprint density at radius 1 is 1.37 bits per heavy atom. The molecule has 0 amide bonds. The third-order valence-corrected chi connectivity index (χ3v) is 3.86. The molecule has 2 rings (SSSR count). The normalized spacial score (nSPS) is 13.4. The van der Waals surface area contributed by atoms with Gasteiger partial charge in [0.25, 0.3) is 0 Å². The van der Waals surface area contributed by atoms with Crippen molar-refractivity contribution in [3.8, 4) is 0 Å². The minimum atomic E-state index is -3.01. The molecule has 1 heterocycles. The van der Waals surface area contributed by atoms with Crippen molar-refractivity contribution in [2.45, 2.75) is 13.0 Å². The van der Waals surface area contributed by atoms with Gasteiger partial charge in [-0.2, -0.15) is 0 Å². The number of aromatic nitrogens is 1. The van der Waals surface area contributed by atoms with E-state index in [0.717, 1.165) is 16.6 Å². The molecule has 2 aromatic rings. The Morgan fingerprint density at radius 3 is 2.79 bits per heavy atom. The minimum Gasteiger partial charge on any atom is -0.397 e. The summed E-state index contributed by atoms with van der Waals surface area (Å²) in [4.78, 5) is 4.24. The first-order chi connectivity index (χ1) is 8.87. The molecule has 1 unspecified atom stereocenters. The van der Waals surface area contributed by atoms with Crippen LogP contribution < -0.4 is 11.1 Å². The molecule has 5 nitrogen and oxygen atoms in total. The molecular weight excluding hydrogens is 262 g/mol. The average molecular weight is 279 g/mol. The second-order valence-corrected chi connectivity index (χ2v) is 6.92. The summed E-state index contributed by atoms with van der Waals surface area (Å²) in [5, 5.41) is 4.09. The summed E-state index contributed by atoms with van der Waals surface area (Å²) in [7, 11) is -3.01. The fraction of sp³-hybridized carbons (Fsp3) is 0.308. The molecule has 0 bridgehead atoms.